The van der Waals surface area contributed by atoms with Gasteiger partial charge in [-0.3, -0.25) is 4.79 Å². The summed E-state index contributed by atoms with van der Waals surface area (Å²) in [6.45, 7) is 6.66. The lowest BCUT2D eigenvalue weighted by molar-refractivity contribution is -0.122. The summed E-state index contributed by atoms with van der Waals surface area (Å²) in [7, 11) is 0. The van der Waals surface area contributed by atoms with Gasteiger partial charge in [0.15, 0.2) is 5.75 Å². The third kappa shape index (κ3) is 3.26. The highest BCUT2D eigenvalue weighted by atomic mass is 16.7. The monoisotopic (exact) mass is 262 g/mol. The summed E-state index contributed by atoms with van der Waals surface area (Å²) in [6.07, 6.45) is 2.97. The molecule has 19 heavy (non-hydrogen) atoms. The van der Waals surface area contributed by atoms with Gasteiger partial charge in [-0.1, -0.05) is 12.1 Å². The molecule has 5 nitrogen and oxygen atoms in total. The van der Waals surface area contributed by atoms with Crippen molar-refractivity contribution >= 4 is 12.0 Å². The molecule has 3 N–H and O–H groups in total. The average molecular weight is 262 g/mol. The number of hydroxylamine groups is 1. The van der Waals surface area contributed by atoms with Crippen LogP contribution in [0.3, 0.4) is 0 Å². The van der Waals surface area contributed by atoms with Crippen molar-refractivity contribution in [3.63, 3.8) is 0 Å². The molecule has 1 amide bonds. The molecule has 1 aliphatic heterocycles. The molecule has 1 aromatic rings. The first-order chi connectivity index (χ1) is 8.87. The van der Waals surface area contributed by atoms with Crippen LogP contribution in [0.25, 0.3) is 6.08 Å². The Morgan fingerprint density at radius 1 is 1.32 bits per heavy atom. The minimum Gasteiger partial charge on any atom is -0.504 e. The number of phenolic OH excluding ortho intramolecular Hbond substituents is 1. The summed E-state index contributed by atoms with van der Waals surface area (Å²) in [6, 6.07) is 3.63. The van der Waals surface area contributed by atoms with E-state index in [1.165, 1.54) is 6.08 Å². The third-order valence-corrected chi connectivity index (χ3v) is 2.72. The lowest BCUT2D eigenvalue weighted by Gasteiger charge is -2.21. The highest BCUT2D eigenvalue weighted by Crippen LogP contribution is 2.35. The molecule has 0 bridgehead atoms. The van der Waals surface area contributed by atoms with Crippen molar-refractivity contribution in [1.29, 1.82) is 0 Å². The van der Waals surface area contributed by atoms with Gasteiger partial charge in [-0.15, -0.1) is 0 Å². The maximum absolute atomic E-state index is 11.2. The second-order valence-corrected chi connectivity index (χ2v) is 5.50. The van der Waals surface area contributed by atoms with Crippen molar-refractivity contribution in [2.45, 2.75) is 32.9 Å². The van der Waals surface area contributed by atoms with Crippen LogP contribution in [0, 0.1) is 0 Å². The zero-order valence-electron chi connectivity index (χ0n) is 11.3. The number of carbonyl (C=O) groups is 1. The first-order valence-electron chi connectivity index (χ1n) is 6.11. The van der Waals surface area contributed by atoms with Crippen LogP contribution in [0.1, 0.15) is 31.9 Å². The molecule has 0 saturated heterocycles. The maximum atomic E-state index is 11.2. The van der Waals surface area contributed by atoms with Gasteiger partial charge in [-0.2, -0.15) is 5.48 Å². The quantitative estimate of drug-likeness (QED) is 0.759. The van der Waals surface area contributed by atoms with Crippen LogP contribution in [-0.2, 0) is 11.3 Å². The number of fused-ring (bicyclic) bond motifs is 1. The largest absolute Gasteiger partial charge is 0.504 e. The van der Waals surface area contributed by atoms with E-state index >= 15 is 0 Å². The zero-order chi connectivity index (χ0) is 14.0. The molecule has 0 spiro atoms. The number of hydrogen-bond donors (Lipinski definition) is 3. The van der Waals surface area contributed by atoms with Crippen molar-refractivity contribution < 1.29 is 14.7 Å². The van der Waals surface area contributed by atoms with Crippen molar-refractivity contribution in [2.24, 2.45) is 0 Å². The molecule has 0 aliphatic carbocycles. The Morgan fingerprint density at radius 3 is 2.74 bits per heavy atom. The van der Waals surface area contributed by atoms with E-state index in [-0.39, 0.29) is 22.9 Å². The number of carbonyl (C=O) groups excluding carboxylic acids is 1. The molecule has 0 unspecified atom stereocenters. The van der Waals surface area contributed by atoms with Gasteiger partial charge in [0.1, 0.15) is 0 Å². The van der Waals surface area contributed by atoms with Crippen LogP contribution in [0.5, 0.6) is 11.5 Å². The molecular weight excluding hydrogens is 244 g/mol. The second-order valence-electron chi connectivity index (χ2n) is 5.50. The predicted octanol–water partition coefficient (Wildman–Crippen LogP) is 1.72. The van der Waals surface area contributed by atoms with Crippen molar-refractivity contribution in [3.05, 3.63) is 29.3 Å². The molecule has 1 aliphatic rings. The number of hydrogen-bond acceptors (Lipinski definition) is 4. The molecule has 0 radical (unpaired) electrons. The first kappa shape index (κ1) is 13.4. The number of rotatable bonds is 2. The number of phenols is 1. The zero-order valence-corrected chi connectivity index (χ0v) is 11.3. The van der Waals surface area contributed by atoms with E-state index < -0.39 is 0 Å². The summed E-state index contributed by atoms with van der Waals surface area (Å²) >= 11 is 0. The van der Waals surface area contributed by atoms with Crippen LogP contribution >= 0.6 is 0 Å². The smallest absolute Gasteiger partial charge is 0.276 e. The number of benzene rings is 1. The average Bonchev–Trinajstić information content (AvgIpc) is 2.50. The minimum absolute atomic E-state index is 0.0427. The maximum Gasteiger partial charge on any atom is 0.276 e. The van der Waals surface area contributed by atoms with E-state index in [2.05, 4.69) is 10.8 Å². The normalized spacial score (nSPS) is 14.4. The standard InChI is InChI=1S/C14H18N2O3/c1-14(2,3)15-8-10-5-4-9-6-7-11(17)16-19-13(9)12(10)18/h4-7,15,18H,8H2,1-3H3,(H,16,17). The molecule has 5 heteroatoms. The Kier molecular flexibility index (Phi) is 3.48. The van der Waals surface area contributed by atoms with E-state index in [1.54, 1.807) is 6.08 Å². The van der Waals surface area contributed by atoms with E-state index in [1.807, 2.05) is 32.9 Å². The van der Waals surface area contributed by atoms with Crippen molar-refractivity contribution in [1.82, 2.24) is 10.8 Å². The molecule has 0 aromatic heterocycles. The van der Waals surface area contributed by atoms with Crippen LogP contribution in [-0.4, -0.2) is 16.6 Å². The van der Waals surface area contributed by atoms with Gasteiger partial charge in [0, 0.05) is 29.3 Å². The fourth-order valence-corrected chi connectivity index (χ4v) is 1.67. The van der Waals surface area contributed by atoms with Gasteiger partial charge < -0.3 is 15.3 Å². The predicted molar refractivity (Wildman–Crippen MR) is 72.5 cm³/mol. The molecule has 0 saturated carbocycles. The van der Waals surface area contributed by atoms with Crippen LogP contribution in [0.4, 0.5) is 0 Å². The van der Waals surface area contributed by atoms with Crippen LogP contribution in [0.2, 0.25) is 0 Å². The van der Waals surface area contributed by atoms with Crippen LogP contribution in [0.15, 0.2) is 18.2 Å². The van der Waals surface area contributed by atoms with Gasteiger partial charge in [0.05, 0.1) is 0 Å². The summed E-state index contributed by atoms with van der Waals surface area (Å²) < 4.78 is 0. The molecule has 0 fully saturated rings. The third-order valence-electron chi connectivity index (χ3n) is 2.72. The SMILES string of the molecule is CC(C)(C)NCc1ccc2c(c1O)ONC(=O)C=C2. The Balaban J connectivity index is 2.26. The first-order valence-corrected chi connectivity index (χ1v) is 6.11. The summed E-state index contributed by atoms with van der Waals surface area (Å²) in [4.78, 5) is 16.3. The Hall–Kier alpha value is -2.01. The Bertz CT molecular complexity index is 530. The fourth-order valence-electron chi connectivity index (χ4n) is 1.67. The molecule has 0 atom stereocenters. The van der Waals surface area contributed by atoms with Crippen molar-refractivity contribution in [3.8, 4) is 11.5 Å². The lowest BCUT2D eigenvalue weighted by atomic mass is 10.1. The summed E-state index contributed by atoms with van der Waals surface area (Å²) in [5.41, 5.74) is 3.57. The number of nitrogens with one attached hydrogen (secondary N) is 2. The van der Waals surface area contributed by atoms with E-state index in [0.29, 0.717) is 12.1 Å². The molecule has 102 valence electrons. The molecule has 1 aromatic carbocycles. The second kappa shape index (κ2) is 4.93. The van der Waals surface area contributed by atoms with Gasteiger partial charge in [0.25, 0.3) is 5.91 Å². The van der Waals surface area contributed by atoms with Gasteiger partial charge >= 0.3 is 0 Å². The van der Waals surface area contributed by atoms with Gasteiger partial charge in [0.2, 0.25) is 5.75 Å². The summed E-state index contributed by atoms with van der Waals surface area (Å²) in [5, 5.41) is 13.5. The van der Waals surface area contributed by atoms with Gasteiger partial charge in [-0.05, 0) is 26.8 Å². The lowest BCUT2D eigenvalue weighted by Crippen LogP contribution is -2.35. The topological polar surface area (TPSA) is 70.6 Å². The number of aromatic hydroxyl groups is 1. The van der Waals surface area contributed by atoms with Gasteiger partial charge in [-0.25, -0.2) is 0 Å². The van der Waals surface area contributed by atoms with Crippen molar-refractivity contribution in [2.75, 3.05) is 0 Å². The highest BCUT2D eigenvalue weighted by molar-refractivity contribution is 5.92. The van der Waals surface area contributed by atoms with Crippen LogP contribution < -0.4 is 15.6 Å². The number of amides is 1. The molecule has 2 rings (SSSR count). The van der Waals surface area contributed by atoms with E-state index in [4.69, 9.17) is 4.84 Å². The Morgan fingerprint density at radius 2 is 2.05 bits per heavy atom. The summed E-state index contributed by atoms with van der Waals surface area (Å²) in [5.74, 6) is -0.0404. The Labute approximate surface area is 112 Å². The molecular formula is C14H18N2O3. The molecule has 1 heterocycles. The highest BCUT2D eigenvalue weighted by Gasteiger charge is 2.18. The van der Waals surface area contributed by atoms with E-state index in [0.717, 1.165) is 5.56 Å². The fraction of sp³-hybridized carbons (Fsp3) is 0.357. The minimum atomic E-state index is -0.357. The van der Waals surface area contributed by atoms with E-state index in [9.17, 15) is 9.90 Å².